The summed E-state index contributed by atoms with van der Waals surface area (Å²) >= 11 is 0. The summed E-state index contributed by atoms with van der Waals surface area (Å²) in [6, 6.07) is 16.1. The summed E-state index contributed by atoms with van der Waals surface area (Å²) in [5.74, 6) is 0.347. The number of halogens is 1. The van der Waals surface area contributed by atoms with E-state index in [0.717, 1.165) is 30.4 Å². The maximum absolute atomic E-state index is 13.3. The van der Waals surface area contributed by atoms with Gasteiger partial charge >= 0.3 is 5.69 Å². The highest BCUT2D eigenvalue weighted by molar-refractivity contribution is 5.70. The zero-order valence-corrected chi connectivity index (χ0v) is 18.2. The van der Waals surface area contributed by atoms with Crippen molar-refractivity contribution in [1.29, 1.82) is 0 Å². The van der Waals surface area contributed by atoms with Crippen LogP contribution in [0.4, 0.5) is 4.39 Å². The van der Waals surface area contributed by atoms with Crippen molar-refractivity contribution < 1.29 is 4.39 Å². The fourth-order valence-electron chi connectivity index (χ4n) is 3.90. The lowest BCUT2D eigenvalue weighted by molar-refractivity contribution is 0.531. The summed E-state index contributed by atoms with van der Waals surface area (Å²) in [5, 5.41) is 0. The minimum atomic E-state index is -0.349. The van der Waals surface area contributed by atoms with Crippen LogP contribution in [0.2, 0.25) is 0 Å². The number of benzene rings is 2. The van der Waals surface area contributed by atoms with Gasteiger partial charge in [0, 0.05) is 19.5 Å². The van der Waals surface area contributed by atoms with Gasteiger partial charge in [0.1, 0.15) is 17.2 Å². The topological polar surface area (TPSA) is 72.7 Å². The van der Waals surface area contributed by atoms with Gasteiger partial charge in [-0.2, -0.15) is 0 Å². The fourth-order valence-corrected chi connectivity index (χ4v) is 3.90. The zero-order valence-electron chi connectivity index (χ0n) is 18.2. The first-order valence-corrected chi connectivity index (χ1v) is 11.1. The van der Waals surface area contributed by atoms with Crippen LogP contribution in [0.1, 0.15) is 43.1 Å². The van der Waals surface area contributed by atoms with Gasteiger partial charge in [-0.05, 0) is 36.1 Å². The minimum Gasteiger partial charge on any atom is -0.336 e. The minimum absolute atomic E-state index is 0.296. The molecule has 7 heteroatoms. The molecule has 32 heavy (non-hydrogen) atoms. The van der Waals surface area contributed by atoms with Crippen LogP contribution >= 0.6 is 0 Å². The van der Waals surface area contributed by atoms with Gasteiger partial charge in [0.15, 0.2) is 5.65 Å². The number of hydrogen-bond donors (Lipinski definition) is 1. The van der Waals surface area contributed by atoms with Crippen LogP contribution in [0.25, 0.3) is 11.2 Å². The van der Waals surface area contributed by atoms with E-state index in [4.69, 9.17) is 0 Å². The summed E-state index contributed by atoms with van der Waals surface area (Å²) in [5.41, 5.74) is 2.03. The molecule has 0 saturated heterocycles. The lowest BCUT2D eigenvalue weighted by Crippen LogP contribution is -2.40. The van der Waals surface area contributed by atoms with Gasteiger partial charge in [-0.25, -0.2) is 14.2 Å². The number of aryl methyl sites for hydroxylation is 2. The Hall–Kier alpha value is -3.48. The van der Waals surface area contributed by atoms with E-state index >= 15 is 0 Å². The second-order valence-electron chi connectivity index (χ2n) is 8.02. The smallest absolute Gasteiger partial charge is 0.332 e. The van der Waals surface area contributed by atoms with E-state index in [1.54, 1.807) is 16.7 Å². The Kier molecular flexibility index (Phi) is 6.63. The third kappa shape index (κ3) is 4.72. The number of nitrogens with zero attached hydrogens (tertiary/aromatic N) is 3. The number of hydrogen-bond acceptors (Lipinski definition) is 3. The van der Waals surface area contributed by atoms with Gasteiger partial charge in [0.2, 0.25) is 0 Å². The van der Waals surface area contributed by atoms with Crippen molar-refractivity contribution in [3.63, 3.8) is 0 Å². The Labute approximate surface area is 185 Å². The largest absolute Gasteiger partial charge is 0.336 e. The molecule has 0 unspecified atom stereocenters. The van der Waals surface area contributed by atoms with E-state index in [9.17, 15) is 14.0 Å². The standard InChI is InChI=1S/C25H27FN4O2/c1-2-3-7-15-30-24(31)22-23(28-21(27-22)17-19-8-5-4-6-9-19)29(25(30)32)16-14-18-10-12-20(26)13-11-18/h4-6,8-13H,2-3,7,14-17H2,1H3,(H,27,28). The van der Waals surface area contributed by atoms with Crippen molar-refractivity contribution in [2.75, 3.05) is 0 Å². The monoisotopic (exact) mass is 434 g/mol. The van der Waals surface area contributed by atoms with E-state index in [1.165, 1.54) is 16.7 Å². The molecule has 4 aromatic rings. The quantitative estimate of drug-likeness (QED) is 0.404. The molecule has 0 amide bonds. The van der Waals surface area contributed by atoms with Crippen LogP contribution in [0, 0.1) is 5.82 Å². The fraction of sp³-hybridized carbons (Fsp3) is 0.320. The summed E-state index contributed by atoms with van der Waals surface area (Å²) < 4.78 is 16.1. The normalized spacial score (nSPS) is 11.3. The Morgan fingerprint density at radius 1 is 0.906 bits per heavy atom. The molecule has 4 rings (SSSR count). The highest BCUT2D eigenvalue weighted by Crippen LogP contribution is 2.12. The summed E-state index contributed by atoms with van der Waals surface area (Å²) in [7, 11) is 0. The average molecular weight is 435 g/mol. The third-order valence-corrected chi connectivity index (χ3v) is 5.65. The van der Waals surface area contributed by atoms with Crippen LogP contribution in [0.3, 0.4) is 0 Å². The van der Waals surface area contributed by atoms with E-state index in [1.807, 2.05) is 30.3 Å². The number of rotatable bonds is 9. The van der Waals surface area contributed by atoms with Crippen molar-refractivity contribution in [2.24, 2.45) is 0 Å². The lowest BCUT2D eigenvalue weighted by atomic mass is 10.1. The Balaban J connectivity index is 1.74. The van der Waals surface area contributed by atoms with Gasteiger partial charge in [0.25, 0.3) is 5.56 Å². The highest BCUT2D eigenvalue weighted by atomic mass is 19.1. The van der Waals surface area contributed by atoms with Crippen molar-refractivity contribution >= 4 is 11.2 Å². The Morgan fingerprint density at radius 2 is 1.66 bits per heavy atom. The number of nitrogens with one attached hydrogen (secondary N) is 1. The van der Waals surface area contributed by atoms with E-state index in [0.29, 0.717) is 42.9 Å². The van der Waals surface area contributed by atoms with Crippen LogP contribution in [-0.2, 0) is 25.9 Å². The SMILES string of the molecule is CCCCCn1c(=O)c2[nH]c(Cc3ccccc3)nc2n(CCc2ccc(F)cc2)c1=O. The Morgan fingerprint density at radius 3 is 2.38 bits per heavy atom. The molecule has 6 nitrogen and oxygen atoms in total. The first kappa shape index (κ1) is 21.7. The number of imidazole rings is 1. The van der Waals surface area contributed by atoms with Gasteiger partial charge in [-0.3, -0.25) is 13.9 Å². The van der Waals surface area contributed by atoms with E-state index in [2.05, 4.69) is 16.9 Å². The van der Waals surface area contributed by atoms with Crippen LogP contribution < -0.4 is 11.2 Å². The number of H-pyrrole nitrogens is 1. The predicted molar refractivity (Wildman–Crippen MR) is 123 cm³/mol. The Bertz CT molecular complexity index is 1300. The second kappa shape index (κ2) is 9.77. The summed E-state index contributed by atoms with van der Waals surface area (Å²) in [4.78, 5) is 34.2. The van der Waals surface area contributed by atoms with Crippen LogP contribution in [-0.4, -0.2) is 19.1 Å². The maximum atomic E-state index is 13.3. The molecule has 2 aromatic carbocycles. The second-order valence-corrected chi connectivity index (χ2v) is 8.02. The third-order valence-electron chi connectivity index (χ3n) is 5.65. The van der Waals surface area contributed by atoms with Crippen molar-refractivity contribution in [3.05, 3.63) is 98.2 Å². The zero-order chi connectivity index (χ0) is 22.5. The molecule has 0 aliphatic carbocycles. The predicted octanol–water partition coefficient (Wildman–Crippen LogP) is 4.05. The molecule has 0 atom stereocenters. The van der Waals surface area contributed by atoms with Gasteiger partial charge in [-0.1, -0.05) is 62.2 Å². The van der Waals surface area contributed by atoms with Crippen molar-refractivity contribution in [2.45, 2.75) is 52.1 Å². The molecule has 0 saturated carbocycles. The highest BCUT2D eigenvalue weighted by Gasteiger charge is 2.17. The molecule has 166 valence electrons. The first-order chi connectivity index (χ1) is 15.6. The molecular formula is C25H27FN4O2. The van der Waals surface area contributed by atoms with Crippen LogP contribution in [0.15, 0.2) is 64.2 Å². The number of fused-ring (bicyclic) bond motifs is 1. The van der Waals surface area contributed by atoms with Crippen LogP contribution in [0.5, 0.6) is 0 Å². The van der Waals surface area contributed by atoms with Crippen molar-refractivity contribution in [1.82, 2.24) is 19.1 Å². The first-order valence-electron chi connectivity index (χ1n) is 11.1. The molecular weight excluding hydrogens is 407 g/mol. The number of unbranched alkanes of at least 4 members (excludes halogenated alkanes) is 2. The van der Waals surface area contributed by atoms with E-state index < -0.39 is 0 Å². The van der Waals surface area contributed by atoms with E-state index in [-0.39, 0.29) is 17.1 Å². The summed E-state index contributed by atoms with van der Waals surface area (Å²) in [6.45, 7) is 2.81. The van der Waals surface area contributed by atoms with Crippen molar-refractivity contribution in [3.8, 4) is 0 Å². The maximum Gasteiger partial charge on any atom is 0.332 e. The molecule has 0 aliphatic heterocycles. The molecule has 0 fully saturated rings. The molecule has 0 bridgehead atoms. The molecule has 2 aromatic heterocycles. The van der Waals surface area contributed by atoms with Gasteiger partial charge in [-0.15, -0.1) is 0 Å². The molecule has 0 spiro atoms. The molecule has 1 N–H and O–H groups in total. The number of aromatic amines is 1. The lowest BCUT2D eigenvalue weighted by Gasteiger charge is -2.11. The summed E-state index contributed by atoms with van der Waals surface area (Å²) in [6.07, 6.45) is 3.78. The molecule has 0 radical (unpaired) electrons. The number of aromatic nitrogens is 4. The average Bonchev–Trinajstić information content (AvgIpc) is 3.21. The van der Waals surface area contributed by atoms with Gasteiger partial charge < -0.3 is 4.98 Å². The molecule has 2 heterocycles. The van der Waals surface area contributed by atoms with Gasteiger partial charge in [0.05, 0.1) is 0 Å². The molecule has 0 aliphatic rings.